The standard InChI is InChI=1S/C18H22N2O4S/c1-24-17-12-15(14-4-2-3-5-16(14)20-17)18(21)19-9-6-13-7-10-25(22,23)11-8-13/h2-5,12-13H,6-11H2,1H3,(H,19,21). The maximum atomic E-state index is 12.6. The molecule has 1 aliphatic rings. The van der Waals surface area contributed by atoms with Crippen molar-refractivity contribution in [1.29, 1.82) is 0 Å². The zero-order chi connectivity index (χ0) is 17.9. The van der Waals surface area contributed by atoms with Gasteiger partial charge in [0.2, 0.25) is 5.88 Å². The smallest absolute Gasteiger partial charge is 0.252 e. The van der Waals surface area contributed by atoms with Crippen LogP contribution in [0.4, 0.5) is 0 Å². The van der Waals surface area contributed by atoms with Gasteiger partial charge in [-0.2, -0.15) is 0 Å². The summed E-state index contributed by atoms with van der Waals surface area (Å²) in [4.78, 5) is 16.9. The summed E-state index contributed by atoms with van der Waals surface area (Å²) in [5.74, 6) is 1.12. The van der Waals surface area contributed by atoms with Crippen LogP contribution in [0.25, 0.3) is 10.9 Å². The van der Waals surface area contributed by atoms with Crippen LogP contribution < -0.4 is 10.1 Å². The second-order valence-electron chi connectivity index (χ2n) is 6.37. The Balaban J connectivity index is 1.64. The summed E-state index contributed by atoms with van der Waals surface area (Å²) < 4.78 is 28.1. The van der Waals surface area contributed by atoms with Crippen LogP contribution in [0.2, 0.25) is 0 Å². The summed E-state index contributed by atoms with van der Waals surface area (Å²) in [6.07, 6.45) is 2.16. The SMILES string of the molecule is COc1cc(C(=O)NCCC2CCS(=O)(=O)CC2)c2ccccc2n1. The molecule has 2 heterocycles. The minimum absolute atomic E-state index is 0.166. The predicted octanol–water partition coefficient (Wildman–Crippen LogP) is 2.19. The highest BCUT2D eigenvalue weighted by Gasteiger charge is 2.23. The number of para-hydroxylation sites is 1. The van der Waals surface area contributed by atoms with Gasteiger partial charge in [-0.05, 0) is 31.2 Å². The van der Waals surface area contributed by atoms with Crippen molar-refractivity contribution in [1.82, 2.24) is 10.3 Å². The van der Waals surface area contributed by atoms with Gasteiger partial charge in [-0.25, -0.2) is 13.4 Å². The number of nitrogens with zero attached hydrogens (tertiary/aromatic N) is 1. The average molecular weight is 362 g/mol. The minimum Gasteiger partial charge on any atom is -0.481 e. The van der Waals surface area contributed by atoms with Crippen LogP contribution >= 0.6 is 0 Å². The first kappa shape index (κ1) is 17.7. The Morgan fingerprint density at radius 3 is 2.72 bits per heavy atom. The van der Waals surface area contributed by atoms with E-state index in [1.807, 2.05) is 24.3 Å². The lowest BCUT2D eigenvalue weighted by Crippen LogP contribution is -2.29. The fraction of sp³-hybridized carbons (Fsp3) is 0.444. The molecule has 7 heteroatoms. The van der Waals surface area contributed by atoms with Crippen LogP contribution in [-0.2, 0) is 9.84 Å². The molecule has 0 bridgehead atoms. The topological polar surface area (TPSA) is 85.4 Å². The van der Waals surface area contributed by atoms with Crippen LogP contribution in [0.15, 0.2) is 30.3 Å². The van der Waals surface area contributed by atoms with E-state index in [4.69, 9.17) is 4.74 Å². The molecule has 0 unspecified atom stereocenters. The number of ether oxygens (including phenoxy) is 1. The highest BCUT2D eigenvalue weighted by Crippen LogP contribution is 2.23. The molecule has 3 rings (SSSR count). The minimum atomic E-state index is -2.84. The van der Waals surface area contributed by atoms with Crippen LogP contribution in [-0.4, -0.2) is 44.5 Å². The molecular formula is C18H22N2O4S. The van der Waals surface area contributed by atoms with Crippen molar-refractivity contribution in [3.63, 3.8) is 0 Å². The molecule has 1 fully saturated rings. The molecule has 0 radical (unpaired) electrons. The summed E-state index contributed by atoms with van der Waals surface area (Å²) in [6.45, 7) is 0.530. The normalized spacial score (nSPS) is 17.3. The molecule has 1 aliphatic heterocycles. The van der Waals surface area contributed by atoms with Crippen molar-refractivity contribution < 1.29 is 17.9 Å². The number of nitrogens with one attached hydrogen (secondary N) is 1. The molecule has 134 valence electrons. The van der Waals surface area contributed by atoms with Gasteiger partial charge in [0.25, 0.3) is 5.91 Å². The van der Waals surface area contributed by atoms with Crippen LogP contribution in [0.3, 0.4) is 0 Å². The second kappa shape index (κ2) is 7.39. The zero-order valence-electron chi connectivity index (χ0n) is 14.2. The molecule has 1 aromatic carbocycles. The number of benzene rings is 1. The molecule has 25 heavy (non-hydrogen) atoms. The average Bonchev–Trinajstić information content (AvgIpc) is 2.62. The van der Waals surface area contributed by atoms with Gasteiger partial charge < -0.3 is 10.1 Å². The first-order valence-corrected chi connectivity index (χ1v) is 10.2. The Morgan fingerprint density at radius 1 is 1.28 bits per heavy atom. The predicted molar refractivity (Wildman–Crippen MR) is 96.6 cm³/mol. The molecule has 1 saturated heterocycles. The van der Waals surface area contributed by atoms with Gasteiger partial charge in [-0.15, -0.1) is 0 Å². The van der Waals surface area contributed by atoms with Gasteiger partial charge in [0.1, 0.15) is 9.84 Å². The van der Waals surface area contributed by atoms with Crippen molar-refractivity contribution in [3.8, 4) is 5.88 Å². The monoisotopic (exact) mass is 362 g/mol. The van der Waals surface area contributed by atoms with Crippen LogP contribution in [0, 0.1) is 5.92 Å². The number of amides is 1. The molecule has 0 spiro atoms. The van der Waals surface area contributed by atoms with Gasteiger partial charge in [0.05, 0.1) is 29.7 Å². The van der Waals surface area contributed by atoms with Gasteiger partial charge >= 0.3 is 0 Å². The van der Waals surface area contributed by atoms with E-state index in [-0.39, 0.29) is 17.4 Å². The number of aromatic nitrogens is 1. The Morgan fingerprint density at radius 2 is 2.00 bits per heavy atom. The lowest BCUT2D eigenvalue weighted by atomic mass is 9.99. The fourth-order valence-corrected chi connectivity index (χ4v) is 4.75. The number of carbonyl (C=O) groups is 1. The third-order valence-electron chi connectivity index (χ3n) is 4.66. The lowest BCUT2D eigenvalue weighted by molar-refractivity contribution is 0.0952. The highest BCUT2D eigenvalue weighted by atomic mass is 32.2. The molecule has 0 saturated carbocycles. The van der Waals surface area contributed by atoms with Gasteiger partial charge in [-0.3, -0.25) is 4.79 Å². The number of carbonyl (C=O) groups excluding carboxylic acids is 1. The van der Waals surface area contributed by atoms with Crippen LogP contribution in [0.5, 0.6) is 5.88 Å². The van der Waals surface area contributed by atoms with Crippen molar-refractivity contribution in [3.05, 3.63) is 35.9 Å². The molecule has 1 amide bonds. The summed E-state index contributed by atoms with van der Waals surface area (Å²) in [7, 11) is -1.32. The number of sulfone groups is 1. The second-order valence-corrected chi connectivity index (χ2v) is 8.67. The number of rotatable bonds is 5. The molecule has 6 nitrogen and oxygen atoms in total. The van der Waals surface area contributed by atoms with E-state index >= 15 is 0 Å². The maximum absolute atomic E-state index is 12.6. The third-order valence-corrected chi connectivity index (χ3v) is 6.37. The molecule has 2 aromatic rings. The Labute approximate surface area is 147 Å². The Hall–Kier alpha value is -2.15. The molecule has 0 aliphatic carbocycles. The van der Waals surface area contributed by atoms with Gasteiger partial charge in [0.15, 0.2) is 0 Å². The summed E-state index contributed by atoms with van der Waals surface area (Å²) in [5, 5.41) is 3.72. The number of pyridine rings is 1. The number of hydrogen-bond acceptors (Lipinski definition) is 5. The van der Waals surface area contributed by atoms with E-state index < -0.39 is 9.84 Å². The fourth-order valence-electron chi connectivity index (χ4n) is 3.16. The summed E-state index contributed by atoms with van der Waals surface area (Å²) in [5.41, 5.74) is 1.25. The van der Waals surface area contributed by atoms with E-state index in [1.54, 1.807) is 6.07 Å². The van der Waals surface area contributed by atoms with Crippen molar-refractivity contribution in [2.75, 3.05) is 25.2 Å². The maximum Gasteiger partial charge on any atom is 0.252 e. The molecule has 1 aromatic heterocycles. The highest BCUT2D eigenvalue weighted by molar-refractivity contribution is 7.91. The first-order chi connectivity index (χ1) is 12.0. The molecular weight excluding hydrogens is 340 g/mol. The Kier molecular flexibility index (Phi) is 5.22. The number of methoxy groups -OCH3 is 1. The van der Waals surface area contributed by atoms with E-state index in [2.05, 4.69) is 10.3 Å². The van der Waals surface area contributed by atoms with E-state index in [0.29, 0.717) is 42.3 Å². The van der Waals surface area contributed by atoms with Gasteiger partial charge in [0, 0.05) is 18.0 Å². The molecule has 0 atom stereocenters. The molecule has 1 N–H and O–H groups in total. The van der Waals surface area contributed by atoms with Crippen molar-refractivity contribution >= 4 is 26.6 Å². The number of fused-ring (bicyclic) bond motifs is 1. The largest absolute Gasteiger partial charge is 0.481 e. The lowest BCUT2D eigenvalue weighted by Gasteiger charge is -2.21. The number of hydrogen-bond donors (Lipinski definition) is 1. The van der Waals surface area contributed by atoms with Crippen molar-refractivity contribution in [2.45, 2.75) is 19.3 Å². The zero-order valence-corrected chi connectivity index (χ0v) is 15.0. The van der Waals surface area contributed by atoms with Gasteiger partial charge in [-0.1, -0.05) is 18.2 Å². The Bertz CT molecular complexity index is 866. The quantitative estimate of drug-likeness (QED) is 0.881. The van der Waals surface area contributed by atoms with E-state index in [1.165, 1.54) is 7.11 Å². The van der Waals surface area contributed by atoms with Crippen LogP contribution in [0.1, 0.15) is 29.6 Å². The van der Waals surface area contributed by atoms with Crippen molar-refractivity contribution in [2.24, 2.45) is 5.92 Å². The van der Waals surface area contributed by atoms with E-state index in [0.717, 1.165) is 11.8 Å². The summed E-state index contributed by atoms with van der Waals surface area (Å²) >= 11 is 0. The van der Waals surface area contributed by atoms with E-state index in [9.17, 15) is 13.2 Å². The third kappa shape index (κ3) is 4.28. The summed E-state index contributed by atoms with van der Waals surface area (Å²) in [6, 6.07) is 9.09. The first-order valence-electron chi connectivity index (χ1n) is 8.41.